The van der Waals surface area contributed by atoms with Crippen molar-refractivity contribution in [3.8, 4) is 0 Å². The monoisotopic (exact) mass is 376 g/mol. The normalized spacial score (nSPS) is 15.9. The van der Waals surface area contributed by atoms with Crippen LogP contribution in [0.5, 0.6) is 0 Å². The quantitative estimate of drug-likeness (QED) is 0.469. The fourth-order valence-electron chi connectivity index (χ4n) is 2.97. The van der Waals surface area contributed by atoms with Crippen molar-refractivity contribution in [1.29, 1.82) is 0 Å². The smallest absolute Gasteiger partial charge is 0.256 e. The maximum Gasteiger partial charge on any atom is 0.256 e. The summed E-state index contributed by atoms with van der Waals surface area (Å²) in [6, 6.07) is 7.80. The predicted octanol–water partition coefficient (Wildman–Crippen LogP) is 6.38. The van der Waals surface area contributed by atoms with Gasteiger partial charge in [-0.2, -0.15) is 0 Å². The average molecular weight is 377 g/mol. The molecule has 1 amide bonds. The molecule has 2 aromatic rings. The molecule has 0 unspecified atom stereocenters. The number of fused-ring (bicyclic) bond motifs is 1. The molecule has 1 aliphatic rings. The molecule has 4 heteroatoms. The van der Waals surface area contributed by atoms with Crippen molar-refractivity contribution in [1.82, 2.24) is 3.97 Å². The van der Waals surface area contributed by atoms with Crippen LogP contribution in [0.2, 0.25) is 0 Å². The number of hydrogen-bond acceptors (Lipinski definition) is 2. The van der Waals surface area contributed by atoms with Crippen molar-refractivity contribution >= 4 is 41.3 Å². The number of para-hydroxylation sites is 1. The first kappa shape index (κ1) is 19.1. The summed E-state index contributed by atoms with van der Waals surface area (Å²) in [7, 11) is 0. The van der Waals surface area contributed by atoms with E-state index >= 15 is 0 Å². The van der Waals surface area contributed by atoms with E-state index in [-0.39, 0.29) is 5.91 Å². The highest BCUT2D eigenvalue weighted by atomic mass is 32.2. The van der Waals surface area contributed by atoms with Crippen LogP contribution in [0, 0.1) is 0 Å². The van der Waals surface area contributed by atoms with Gasteiger partial charge >= 0.3 is 0 Å². The topological polar surface area (TPSA) is 34.0 Å². The Morgan fingerprint density at radius 2 is 1.96 bits per heavy atom. The van der Waals surface area contributed by atoms with Gasteiger partial charge in [0, 0.05) is 40.3 Å². The Bertz CT molecular complexity index is 961. The molecule has 138 valence electrons. The highest BCUT2D eigenvalue weighted by Crippen LogP contribution is 2.34. The van der Waals surface area contributed by atoms with Gasteiger partial charge < -0.3 is 5.32 Å². The average Bonchev–Trinajstić information content (AvgIpc) is 3.16. The van der Waals surface area contributed by atoms with Gasteiger partial charge in [-0.3, -0.25) is 8.77 Å². The maximum absolute atomic E-state index is 12.4. The third-order valence-electron chi connectivity index (χ3n) is 4.20. The Balaban J connectivity index is 2.01. The van der Waals surface area contributed by atoms with Gasteiger partial charge in [0.15, 0.2) is 0 Å². The highest BCUT2D eigenvalue weighted by molar-refractivity contribution is 8.01. The van der Waals surface area contributed by atoms with Crippen LogP contribution in [0.1, 0.15) is 43.9 Å². The SMILES string of the molecule is C/C=C\C=C/c1cn(S/C(C)=C/CC)cc1/C=C1\C(=O)Nc2ccccc21. The molecule has 0 fully saturated rings. The lowest BCUT2D eigenvalue weighted by atomic mass is 10.0. The molecule has 1 aromatic carbocycles. The molecule has 0 bridgehead atoms. The maximum atomic E-state index is 12.4. The molecule has 0 saturated carbocycles. The minimum atomic E-state index is -0.0537. The fraction of sp³-hybridized carbons (Fsp3) is 0.174. The van der Waals surface area contributed by atoms with Crippen molar-refractivity contribution in [3.63, 3.8) is 0 Å². The van der Waals surface area contributed by atoms with E-state index in [4.69, 9.17) is 0 Å². The first-order valence-electron chi connectivity index (χ1n) is 9.11. The van der Waals surface area contributed by atoms with Gasteiger partial charge in [0.25, 0.3) is 5.91 Å². The number of rotatable bonds is 6. The summed E-state index contributed by atoms with van der Waals surface area (Å²) >= 11 is 1.68. The Morgan fingerprint density at radius 1 is 1.19 bits per heavy atom. The van der Waals surface area contributed by atoms with E-state index in [0.29, 0.717) is 5.57 Å². The van der Waals surface area contributed by atoms with Crippen molar-refractivity contribution in [2.45, 2.75) is 27.2 Å². The number of hydrogen-bond donors (Lipinski definition) is 1. The number of nitrogens with one attached hydrogen (secondary N) is 1. The van der Waals surface area contributed by atoms with E-state index in [1.54, 1.807) is 11.9 Å². The zero-order valence-corrected chi connectivity index (χ0v) is 16.7. The van der Waals surface area contributed by atoms with Gasteiger partial charge in [0.1, 0.15) is 0 Å². The summed E-state index contributed by atoms with van der Waals surface area (Å²) in [5.74, 6) is -0.0537. The molecule has 0 radical (unpaired) electrons. The van der Waals surface area contributed by atoms with E-state index < -0.39 is 0 Å². The second kappa shape index (κ2) is 8.78. The molecule has 2 heterocycles. The molecule has 0 saturated heterocycles. The van der Waals surface area contributed by atoms with Crippen molar-refractivity contribution in [3.05, 3.63) is 82.6 Å². The Kier molecular flexibility index (Phi) is 6.20. The van der Waals surface area contributed by atoms with Crippen LogP contribution < -0.4 is 5.32 Å². The molecule has 1 aromatic heterocycles. The molecular formula is C23H24N2OS. The lowest BCUT2D eigenvalue weighted by Gasteiger charge is -2.00. The van der Waals surface area contributed by atoms with E-state index in [1.165, 1.54) is 4.91 Å². The molecule has 3 rings (SSSR count). The lowest BCUT2D eigenvalue weighted by molar-refractivity contribution is -0.110. The van der Waals surface area contributed by atoms with Gasteiger partial charge in [0.05, 0.1) is 0 Å². The molecule has 1 N–H and O–H groups in total. The van der Waals surface area contributed by atoms with Gasteiger partial charge in [-0.05, 0) is 49.3 Å². The molecule has 0 aliphatic carbocycles. The number of amides is 1. The van der Waals surface area contributed by atoms with E-state index in [1.807, 2.05) is 55.5 Å². The summed E-state index contributed by atoms with van der Waals surface area (Å²) in [5.41, 5.74) is 4.63. The second-order valence-electron chi connectivity index (χ2n) is 6.29. The molecular weight excluding hydrogens is 352 g/mol. The van der Waals surface area contributed by atoms with Gasteiger partial charge in [-0.25, -0.2) is 0 Å². The second-order valence-corrected chi connectivity index (χ2v) is 7.53. The van der Waals surface area contributed by atoms with E-state index in [2.05, 4.69) is 47.7 Å². The molecule has 0 atom stereocenters. The Hall–Kier alpha value is -2.72. The highest BCUT2D eigenvalue weighted by Gasteiger charge is 2.23. The van der Waals surface area contributed by atoms with Crippen molar-refractivity contribution in [2.24, 2.45) is 0 Å². The summed E-state index contributed by atoms with van der Waals surface area (Å²) in [5, 5.41) is 2.94. The van der Waals surface area contributed by atoms with Crippen LogP contribution in [0.3, 0.4) is 0 Å². The van der Waals surface area contributed by atoms with Gasteiger partial charge in [-0.1, -0.05) is 55.5 Å². The van der Waals surface area contributed by atoms with E-state index in [9.17, 15) is 4.79 Å². The van der Waals surface area contributed by atoms with Gasteiger partial charge in [-0.15, -0.1) is 0 Å². The molecule has 0 spiro atoms. The van der Waals surface area contributed by atoms with E-state index in [0.717, 1.165) is 28.8 Å². The van der Waals surface area contributed by atoms with Crippen LogP contribution in [-0.4, -0.2) is 9.88 Å². The summed E-state index contributed by atoms with van der Waals surface area (Å²) in [6.45, 7) is 6.24. The van der Waals surface area contributed by atoms with Crippen LogP contribution in [-0.2, 0) is 4.79 Å². The predicted molar refractivity (Wildman–Crippen MR) is 118 cm³/mol. The Labute approximate surface area is 165 Å². The fourth-order valence-corrected chi connectivity index (χ4v) is 3.88. The largest absolute Gasteiger partial charge is 0.321 e. The Morgan fingerprint density at radius 3 is 2.74 bits per heavy atom. The standard InChI is InChI=1S/C23H24N2OS/c1-4-6-7-11-18-15-25(27-17(3)10-5-2)16-19(18)14-21-20-12-8-9-13-22(20)24-23(21)26/h4,6-16H,5H2,1-3H3,(H,24,26)/b6-4-,11-7-,17-10+,21-14-. The number of carbonyl (C=O) groups is 1. The number of nitrogens with zero attached hydrogens (tertiary/aromatic N) is 1. The number of carbonyl (C=O) groups excluding carboxylic acids is 1. The molecule has 3 nitrogen and oxygen atoms in total. The third kappa shape index (κ3) is 4.52. The third-order valence-corrected chi connectivity index (χ3v) is 5.07. The van der Waals surface area contributed by atoms with Crippen LogP contribution >= 0.6 is 11.9 Å². The first-order valence-corrected chi connectivity index (χ1v) is 9.88. The van der Waals surface area contributed by atoms with Crippen LogP contribution in [0.25, 0.3) is 17.7 Å². The number of allylic oxidation sites excluding steroid dienone is 5. The van der Waals surface area contributed by atoms with Crippen molar-refractivity contribution in [2.75, 3.05) is 5.32 Å². The van der Waals surface area contributed by atoms with Crippen LogP contribution in [0.15, 0.2) is 65.9 Å². The summed E-state index contributed by atoms with van der Waals surface area (Å²) in [6.07, 6.45) is 17.5. The minimum Gasteiger partial charge on any atom is -0.321 e. The summed E-state index contributed by atoms with van der Waals surface area (Å²) in [4.78, 5) is 13.7. The number of aromatic nitrogens is 1. The first-order chi connectivity index (χ1) is 13.1. The van der Waals surface area contributed by atoms with Crippen molar-refractivity contribution < 1.29 is 4.79 Å². The lowest BCUT2D eigenvalue weighted by Crippen LogP contribution is -2.03. The molecule has 1 aliphatic heterocycles. The zero-order chi connectivity index (χ0) is 19.2. The zero-order valence-electron chi connectivity index (χ0n) is 15.9. The van der Waals surface area contributed by atoms with Gasteiger partial charge in [0.2, 0.25) is 0 Å². The summed E-state index contributed by atoms with van der Waals surface area (Å²) < 4.78 is 2.10. The minimum absolute atomic E-state index is 0.0537. The molecule has 27 heavy (non-hydrogen) atoms. The number of benzene rings is 1. The number of anilines is 1. The van der Waals surface area contributed by atoms with Crippen LogP contribution in [0.4, 0.5) is 5.69 Å².